The van der Waals surface area contributed by atoms with Crippen molar-refractivity contribution in [1.82, 2.24) is 10.2 Å². The van der Waals surface area contributed by atoms with Crippen molar-refractivity contribution in [1.29, 1.82) is 0 Å². The molecule has 0 aliphatic carbocycles. The van der Waals surface area contributed by atoms with Crippen LogP contribution in [0.3, 0.4) is 0 Å². The Kier molecular flexibility index (Phi) is 9.27. The van der Waals surface area contributed by atoms with Crippen molar-refractivity contribution in [3.8, 4) is 0 Å². The summed E-state index contributed by atoms with van der Waals surface area (Å²) in [6.45, 7) is 5.00. The predicted molar refractivity (Wildman–Crippen MR) is 137 cm³/mol. The lowest BCUT2D eigenvalue weighted by molar-refractivity contribution is -0.138. The number of nitrogens with one attached hydrogen (secondary N) is 1. The van der Waals surface area contributed by atoms with E-state index < -0.39 is 24.4 Å². The number of carbonyl (C=O) groups excluding carboxylic acids is 4. The van der Waals surface area contributed by atoms with E-state index >= 15 is 0 Å². The van der Waals surface area contributed by atoms with Crippen LogP contribution in [-0.2, 0) is 20.9 Å². The van der Waals surface area contributed by atoms with Gasteiger partial charge in [-0.2, -0.15) is 0 Å². The van der Waals surface area contributed by atoms with Gasteiger partial charge >= 0.3 is 5.97 Å². The fraction of sp³-hybridized carbons (Fsp3) is 0.241. The second kappa shape index (κ2) is 12.6. The molecule has 0 unspecified atom stereocenters. The van der Waals surface area contributed by atoms with Gasteiger partial charge in [-0.15, -0.1) is 0 Å². The molecule has 37 heavy (non-hydrogen) atoms. The Bertz CT molecular complexity index is 1300. The molecule has 0 fully saturated rings. The van der Waals surface area contributed by atoms with E-state index in [-0.39, 0.29) is 42.4 Å². The van der Waals surface area contributed by atoms with E-state index in [0.717, 1.165) is 11.1 Å². The summed E-state index contributed by atoms with van der Waals surface area (Å²) < 4.78 is 18.2. The molecule has 2 amide bonds. The topological polar surface area (TPSA) is 92.8 Å². The van der Waals surface area contributed by atoms with E-state index in [9.17, 15) is 23.6 Å². The molecule has 8 heteroatoms. The first kappa shape index (κ1) is 27.3. The summed E-state index contributed by atoms with van der Waals surface area (Å²) in [7, 11) is 0. The minimum absolute atomic E-state index is 0.0568. The average Bonchev–Trinajstić information content (AvgIpc) is 2.90. The number of hydrogen-bond donors (Lipinski definition) is 1. The molecule has 0 heterocycles. The zero-order valence-electron chi connectivity index (χ0n) is 21.0. The first-order chi connectivity index (χ1) is 17.7. The highest BCUT2D eigenvalue weighted by Crippen LogP contribution is 2.19. The third-order valence-corrected chi connectivity index (χ3v) is 5.83. The number of carbonyl (C=O) groups is 4. The first-order valence-corrected chi connectivity index (χ1v) is 11.9. The molecule has 3 aromatic carbocycles. The number of esters is 1. The van der Waals surface area contributed by atoms with Crippen LogP contribution in [0.1, 0.15) is 49.9 Å². The van der Waals surface area contributed by atoms with Crippen LogP contribution < -0.4 is 5.32 Å². The van der Waals surface area contributed by atoms with Gasteiger partial charge in [0.15, 0.2) is 12.4 Å². The van der Waals surface area contributed by atoms with Gasteiger partial charge in [0.25, 0.3) is 5.91 Å². The Balaban J connectivity index is 1.60. The Morgan fingerprint density at radius 1 is 0.892 bits per heavy atom. The quantitative estimate of drug-likeness (QED) is 0.333. The van der Waals surface area contributed by atoms with Crippen LogP contribution >= 0.6 is 0 Å². The fourth-order valence-corrected chi connectivity index (χ4v) is 3.69. The summed E-state index contributed by atoms with van der Waals surface area (Å²) in [6, 6.07) is 17.5. The monoisotopic (exact) mass is 504 g/mol. The lowest BCUT2D eigenvalue weighted by Gasteiger charge is -2.20. The third-order valence-electron chi connectivity index (χ3n) is 5.83. The Morgan fingerprint density at radius 3 is 2.24 bits per heavy atom. The van der Waals surface area contributed by atoms with Crippen molar-refractivity contribution in [3.63, 3.8) is 0 Å². The molecule has 0 aliphatic heterocycles. The number of ketones is 1. The van der Waals surface area contributed by atoms with Crippen LogP contribution in [-0.4, -0.2) is 48.2 Å². The van der Waals surface area contributed by atoms with Gasteiger partial charge in [-0.25, -0.2) is 9.18 Å². The van der Waals surface area contributed by atoms with Crippen LogP contribution in [0.25, 0.3) is 0 Å². The van der Waals surface area contributed by atoms with Crippen molar-refractivity contribution >= 4 is 23.6 Å². The maximum absolute atomic E-state index is 13.2. The molecule has 1 N–H and O–H groups in total. The number of halogens is 1. The third kappa shape index (κ3) is 7.33. The SMILES string of the molecule is CCN(CC(=O)NCc1ccc(F)cc1)C(=O)COC(=O)c1ccccc1C(=O)c1cc(C)ccc1C. The highest BCUT2D eigenvalue weighted by Gasteiger charge is 2.22. The fourth-order valence-electron chi connectivity index (χ4n) is 3.69. The summed E-state index contributed by atoms with van der Waals surface area (Å²) in [5.41, 5.74) is 3.14. The molecule has 192 valence electrons. The number of rotatable bonds is 10. The van der Waals surface area contributed by atoms with E-state index in [4.69, 9.17) is 4.74 Å². The summed E-state index contributed by atoms with van der Waals surface area (Å²) in [4.78, 5) is 52.2. The largest absolute Gasteiger partial charge is 0.452 e. The second-order valence-corrected chi connectivity index (χ2v) is 8.58. The molecular formula is C29H29FN2O5. The number of amides is 2. The maximum Gasteiger partial charge on any atom is 0.339 e. The van der Waals surface area contributed by atoms with Gasteiger partial charge in [0.1, 0.15) is 5.82 Å². The lowest BCUT2D eigenvalue weighted by Crippen LogP contribution is -2.42. The number of benzene rings is 3. The summed E-state index contributed by atoms with van der Waals surface area (Å²) in [5, 5.41) is 2.67. The van der Waals surface area contributed by atoms with E-state index in [1.165, 1.54) is 23.1 Å². The second-order valence-electron chi connectivity index (χ2n) is 8.58. The summed E-state index contributed by atoms with van der Waals surface area (Å²) >= 11 is 0. The highest BCUT2D eigenvalue weighted by atomic mass is 19.1. The number of ether oxygens (including phenoxy) is 1. The number of aryl methyl sites for hydroxylation is 2. The van der Waals surface area contributed by atoms with Gasteiger partial charge in [0, 0.05) is 24.2 Å². The molecule has 0 spiro atoms. The smallest absolute Gasteiger partial charge is 0.339 e. The maximum atomic E-state index is 13.2. The van der Waals surface area contributed by atoms with Crippen LogP contribution in [0, 0.1) is 19.7 Å². The van der Waals surface area contributed by atoms with Gasteiger partial charge in [0.2, 0.25) is 5.91 Å². The molecule has 0 saturated heterocycles. The standard InChI is InChI=1S/C29H29FN2O5/c1-4-32(17-26(33)31-16-21-11-13-22(30)14-12-21)27(34)18-37-29(36)24-8-6-5-7-23(24)28(35)25-15-19(2)9-10-20(25)3/h5-15H,4,16-18H2,1-3H3,(H,31,33). The Labute approximate surface area is 215 Å². The van der Waals surface area contributed by atoms with Crippen molar-refractivity contribution in [2.24, 2.45) is 0 Å². The molecule has 0 radical (unpaired) electrons. The normalized spacial score (nSPS) is 10.5. The molecule has 0 bridgehead atoms. The number of nitrogens with zero attached hydrogens (tertiary/aromatic N) is 1. The van der Waals surface area contributed by atoms with Crippen LogP contribution in [0.5, 0.6) is 0 Å². The lowest BCUT2D eigenvalue weighted by atomic mass is 9.94. The zero-order valence-corrected chi connectivity index (χ0v) is 21.0. The van der Waals surface area contributed by atoms with Gasteiger partial charge in [-0.3, -0.25) is 14.4 Å². The summed E-state index contributed by atoms with van der Waals surface area (Å²) in [5.74, 6) is -2.45. The van der Waals surface area contributed by atoms with Gasteiger partial charge in [0.05, 0.1) is 12.1 Å². The summed E-state index contributed by atoms with van der Waals surface area (Å²) in [6.07, 6.45) is 0. The minimum atomic E-state index is -0.806. The molecule has 3 aromatic rings. The average molecular weight is 505 g/mol. The Hall–Kier alpha value is -4.33. The predicted octanol–water partition coefficient (Wildman–Crippen LogP) is 4.00. The van der Waals surface area contributed by atoms with E-state index in [2.05, 4.69) is 5.32 Å². The van der Waals surface area contributed by atoms with Crippen molar-refractivity contribution in [2.45, 2.75) is 27.3 Å². The molecule has 0 saturated carbocycles. The number of likely N-dealkylation sites (N-methyl/N-ethyl adjacent to an activating group) is 1. The van der Waals surface area contributed by atoms with E-state index in [1.807, 2.05) is 26.0 Å². The molecule has 0 aliphatic rings. The minimum Gasteiger partial charge on any atom is -0.452 e. The van der Waals surface area contributed by atoms with Crippen molar-refractivity contribution in [2.75, 3.05) is 19.7 Å². The van der Waals surface area contributed by atoms with Crippen molar-refractivity contribution < 1.29 is 28.3 Å². The van der Waals surface area contributed by atoms with E-state index in [1.54, 1.807) is 43.3 Å². The highest BCUT2D eigenvalue weighted by molar-refractivity contribution is 6.15. The molecular weight excluding hydrogens is 475 g/mol. The molecule has 3 rings (SSSR count). The molecule has 0 atom stereocenters. The van der Waals surface area contributed by atoms with Crippen LogP contribution in [0.2, 0.25) is 0 Å². The van der Waals surface area contributed by atoms with Gasteiger partial charge < -0.3 is 15.0 Å². The van der Waals surface area contributed by atoms with Gasteiger partial charge in [-0.05, 0) is 56.2 Å². The molecule has 7 nitrogen and oxygen atoms in total. The van der Waals surface area contributed by atoms with Gasteiger partial charge in [-0.1, -0.05) is 48.0 Å². The van der Waals surface area contributed by atoms with Crippen LogP contribution in [0.15, 0.2) is 66.7 Å². The molecule has 0 aromatic heterocycles. The number of hydrogen-bond acceptors (Lipinski definition) is 5. The Morgan fingerprint density at radius 2 is 1.57 bits per heavy atom. The van der Waals surface area contributed by atoms with Crippen molar-refractivity contribution in [3.05, 3.63) is 106 Å². The zero-order chi connectivity index (χ0) is 26.9. The van der Waals surface area contributed by atoms with Crippen LogP contribution in [0.4, 0.5) is 4.39 Å². The van der Waals surface area contributed by atoms with E-state index in [0.29, 0.717) is 11.1 Å². The first-order valence-electron chi connectivity index (χ1n) is 11.9.